The molecule has 0 saturated heterocycles. The third-order valence-corrected chi connectivity index (χ3v) is 2.21. The Bertz CT molecular complexity index is 556. The van der Waals surface area contributed by atoms with Crippen LogP contribution in [0.1, 0.15) is 6.92 Å². The van der Waals surface area contributed by atoms with Crippen LogP contribution in [0.15, 0.2) is 33.5 Å². The lowest BCUT2D eigenvalue weighted by Crippen LogP contribution is -2.03. The van der Waals surface area contributed by atoms with Crippen LogP contribution < -0.4 is 15.1 Å². The molecule has 0 N–H and O–H groups in total. The van der Waals surface area contributed by atoms with Gasteiger partial charge in [-0.05, 0) is 25.1 Å². The van der Waals surface area contributed by atoms with Crippen LogP contribution in [-0.4, -0.2) is 13.7 Å². The first kappa shape index (κ1) is 10.5. The maximum absolute atomic E-state index is 11.4. The highest BCUT2D eigenvalue weighted by Crippen LogP contribution is 2.22. The minimum atomic E-state index is -0.483. The van der Waals surface area contributed by atoms with Crippen LogP contribution in [0, 0.1) is 0 Å². The number of methoxy groups -OCH3 is 1. The summed E-state index contributed by atoms with van der Waals surface area (Å²) in [5, 5.41) is 0.805. The van der Waals surface area contributed by atoms with Crippen LogP contribution in [0.2, 0.25) is 0 Å². The van der Waals surface area contributed by atoms with E-state index in [4.69, 9.17) is 13.9 Å². The lowest BCUT2D eigenvalue weighted by Gasteiger charge is -2.04. The van der Waals surface area contributed by atoms with Gasteiger partial charge >= 0.3 is 5.63 Å². The molecule has 1 heterocycles. The Morgan fingerprint density at radius 1 is 1.31 bits per heavy atom. The largest absolute Gasteiger partial charge is 0.494 e. The summed E-state index contributed by atoms with van der Waals surface area (Å²) in [6.07, 6.45) is 0. The lowest BCUT2D eigenvalue weighted by molar-refractivity contribution is 0.339. The molecule has 0 spiro atoms. The first-order chi connectivity index (χ1) is 7.74. The summed E-state index contributed by atoms with van der Waals surface area (Å²) in [6, 6.07) is 6.99. The summed E-state index contributed by atoms with van der Waals surface area (Å²) in [7, 11) is 1.44. The molecule has 0 bridgehead atoms. The monoisotopic (exact) mass is 220 g/mol. The van der Waals surface area contributed by atoms with Gasteiger partial charge in [0.2, 0.25) is 5.75 Å². The molecule has 0 fully saturated rings. The Kier molecular flexibility index (Phi) is 2.81. The van der Waals surface area contributed by atoms with E-state index in [9.17, 15) is 4.79 Å². The van der Waals surface area contributed by atoms with E-state index in [1.165, 1.54) is 7.11 Å². The zero-order chi connectivity index (χ0) is 11.5. The minimum Gasteiger partial charge on any atom is -0.494 e. The van der Waals surface area contributed by atoms with Gasteiger partial charge in [-0.1, -0.05) is 0 Å². The molecule has 0 atom stereocenters. The number of rotatable bonds is 3. The predicted octanol–water partition coefficient (Wildman–Crippen LogP) is 2.20. The molecule has 2 rings (SSSR count). The first-order valence-electron chi connectivity index (χ1n) is 4.99. The molecule has 0 saturated carbocycles. The summed E-state index contributed by atoms with van der Waals surface area (Å²) in [5.74, 6) is 0.889. The van der Waals surface area contributed by atoms with Gasteiger partial charge in [-0.3, -0.25) is 0 Å². The molecule has 4 heteroatoms. The third kappa shape index (κ3) is 1.86. The summed E-state index contributed by atoms with van der Waals surface area (Å²) < 4.78 is 15.3. The van der Waals surface area contributed by atoms with Gasteiger partial charge in [-0.25, -0.2) is 4.79 Å². The Balaban J connectivity index is 2.58. The van der Waals surface area contributed by atoms with Crippen LogP contribution in [0.4, 0.5) is 0 Å². The SMILES string of the molecule is CCOc1ccc2cc(OC)c(=O)oc2c1. The fraction of sp³-hybridized carbons (Fsp3) is 0.250. The number of hydrogen-bond donors (Lipinski definition) is 0. The third-order valence-electron chi connectivity index (χ3n) is 2.21. The maximum atomic E-state index is 11.4. The van der Waals surface area contributed by atoms with Gasteiger partial charge in [0.15, 0.2) is 0 Å². The average Bonchev–Trinajstić information content (AvgIpc) is 2.28. The molecular weight excluding hydrogens is 208 g/mol. The van der Waals surface area contributed by atoms with Crippen LogP contribution in [0.3, 0.4) is 0 Å². The molecule has 0 aliphatic heterocycles. The van der Waals surface area contributed by atoms with Crippen molar-refractivity contribution >= 4 is 11.0 Å². The van der Waals surface area contributed by atoms with Gasteiger partial charge in [-0.2, -0.15) is 0 Å². The molecule has 0 aliphatic carbocycles. The van der Waals surface area contributed by atoms with Gasteiger partial charge in [0.05, 0.1) is 13.7 Å². The van der Waals surface area contributed by atoms with Crippen LogP contribution >= 0.6 is 0 Å². The van der Waals surface area contributed by atoms with Crippen LogP contribution in [-0.2, 0) is 0 Å². The van der Waals surface area contributed by atoms with Gasteiger partial charge in [0, 0.05) is 11.5 Å². The van der Waals surface area contributed by atoms with Crippen molar-refractivity contribution in [3.05, 3.63) is 34.7 Å². The highest BCUT2D eigenvalue weighted by molar-refractivity contribution is 5.79. The van der Waals surface area contributed by atoms with Crippen molar-refractivity contribution in [2.24, 2.45) is 0 Å². The molecule has 0 amide bonds. The van der Waals surface area contributed by atoms with Gasteiger partial charge in [-0.15, -0.1) is 0 Å². The minimum absolute atomic E-state index is 0.205. The van der Waals surface area contributed by atoms with Crippen LogP contribution in [0.25, 0.3) is 11.0 Å². The maximum Gasteiger partial charge on any atom is 0.379 e. The van der Waals surface area contributed by atoms with E-state index < -0.39 is 5.63 Å². The second-order valence-electron chi connectivity index (χ2n) is 3.23. The second kappa shape index (κ2) is 4.26. The Hall–Kier alpha value is -1.97. The summed E-state index contributed by atoms with van der Waals surface area (Å²) in [4.78, 5) is 11.4. The molecule has 1 aromatic heterocycles. The molecule has 4 nitrogen and oxygen atoms in total. The molecule has 84 valence electrons. The van der Waals surface area contributed by atoms with Crippen molar-refractivity contribution < 1.29 is 13.9 Å². The van der Waals surface area contributed by atoms with Crippen molar-refractivity contribution in [2.45, 2.75) is 6.92 Å². The fourth-order valence-electron chi connectivity index (χ4n) is 1.47. The van der Waals surface area contributed by atoms with E-state index in [-0.39, 0.29) is 5.75 Å². The highest BCUT2D eigenvalue weighted by atomic mass is 16.5. The topological polar surface area (TPSA) is 48.7 Å². The number of ether oxygens (including phenoxy) is 2. The van der Waals surface area contributed by atoms with Gasteiger partial charge in [0.1, 0.15) is 11.3 Å². The van der Waals surface area contributed by atoms with E-state index in [1.807, 2.05) is 19.1 Å². The van der Waals surface area contributed by atoms with Gasteiger partial charge in [0.25, 0.3) is 0 Å². The quantitative estimate of drug-likeness (QED) is 0.744. The lowest BCUT2D eigenvalue weighted by atomic mass is 10.2. The number of fused-ring (bicyclic) bond motifs is 1. The normalized spacial score (nSPS) is 10.4. The van der Waals surface area contributed by atoms with Crippen molar-refractivity contribution in [1.29, 1.82) is 0 Å². The van der Waals surface area contributed by atoms with Crippen molar-refractivity contribution in [1.82, 2.24) is 0 Å². The number of benzene rings is 1. The molecule has 0 unspecified atom stereocenters. The molecule has 16 heavy (non-hydrogen) atoms. The smallest absolute Gasteiger partial charge is 0.379 e. The van der Waals surface area contributed by atoms with E-state index in [0.29, 0.717) is 17.9 Å². The first-order valence-corrected chi connectivity index (χ1v) is 4.99. The van der Waals surface area contributed by atoms with E-state index >= 15 is 0 Å². The van der Waals surface area contributed by atoms with Crippen molar-refractivity contribution in [2.75, 3.05) is 13.7 Å². The Morgan fingerprint density at radius 3 is 2.81 bits per heavy atom. The van der Waals surface area contributed by atoms with E-state index in [2.05, 4.69) is 0 Å². The molecule has 0 aliphatic rings. The van der Waals surface area contributed by atoms with Crippen molar-refractivity contribution in [3.8, 4) is 11.5 Å². The average molecular weight is 220 g/mol. The second-order valence-corrected chi connectivity index (χ2v) is 3.23. The molecular formula is C12H12O4. The van der Waals surface area contributed by atoms with Crippen molar-refractivity contribution in [3.63, 3.8) is 0 Å². The zero-order valence-electron chi connectivity index (χ0n) is 9.15. The van der Waals surface area contributed by atoms with Gasteiger partial charge < -0.3 is 13.9 Å². The van der Waals surface area contributed by atoms with E-state index in [1.54, 1.807) is 12.1 Å². The standard InChI is InChI=1S/C12H12O4/c1-3-15-9-5-4-8-6-11(14-2)12(13)16-10(8)7-9/h4-7H,3H2,1-2H3. The molecule has 1 aromatic carbocycles. The number of hydrogen-bond acceptors (Lipinski definition) is 4. The highest BCUT2D eigenvalue weighted by Gasteiger charge is 2.05. The van der Waals surface area contributed by atoms with Crippen LogP contribution in [0.5, 0.6) is 11.5 Å². The molecule has 0 radical (unpaired) electrons. The molecule has 2 aromatic rings. The fourth-order valence-corrected chi connectivity index (χ4v) is 1.47. The Labute approximate surface area is 92.4 Å². The Morgan fingerprint density at radius 2 is 2.12 bits per heavy atom. The summed E-state index contributed by atoms with van der Waals surface area (Å²) in [6.45, 7) is 2.47. The summed E-state index contributed by atoms with van der Waals surface area (Å²) in [5.41, 5.74) is 0.0143. The predicted molar refractivity (Wildman–Crippen MR) is 60.2 cm³/mol. The van der Waals surface area contributed by atoms with E-state index in [0.717, 1.165) is 5.39 Å². The summed E-state index contributed by atoms with van der Waals surface area (Å²) >= 11 is 0. The zero-order valence-corrected chi connectivity index (χ0v) is 9.15.